The van der Waals surface area contributed by atoms with Gasteiger partial charge in [0.1, 0.15) is 5.75 Å². The second-order valence-corrected chi connectivity index (χ2v) is 8.63. The lowest BCUT2D eigenvalue weighted by Crippen LogP contribution is -2.47. The summed E-state index contributed by atoms with van der Waals surface area (Å²) in [5.41, 5.74) is 1.00. The number of nitrogens with zero attached hydrogens (tertiary/aromatic N) is 2. The van der Waals surface area contributed by atoms with Crippen molar-refractivity contribution in [1.29, 1.82) is 0 Å². The second kappa shape index (κ2) is 8.61. The SMILES string of the molecule is COCC1CN(CC(C)C)CC12CCN(C(=O)c1cccc(OC)c1)CC2. The van der Waals surface area contributed by atoms with Gasteiger partial charge in [-0.1, -0.05) is 19.9 Å². The van der Waals surface area contributed by atoms with Crippen molar-refractivity contribution in [1.82, 2.24) is 9.80 Å². The highest BCUT2D eigenvalue weighted by Gasteiger charge is 2.48. The van der Waals surface area contributed by atoms with Gasteiger partial charge in [0, 0.05) is 51.3 Å². The lowest BCUT2D eigenvalue weighted by atomic mass is 9.71. The van der Waals surface area contributed by atoms with Crippen molar-refractivity contribution >= 4 is 5.91 Å². The third kappa shape index (κ3) is 4.46. The molecule has 150 valence electrons. The molecule has 3 rings (SSSR count). The number of hydrogen-bond acceptors (Lipinski definition) is 4. The van der Waals surface area contributed by atoms with Crippen LogP contribution >= 0.6 is 0 Å². The number of rotatable bonds is 6. The van der Waals surface area contributed by atoms with Gasteiger partial charge in [-0.05, 0) is 42.4 Å². The molecule has 1 spiro atoms. The Labute approximate surface area is 163 Å². The fraction of sp³-hybridized carbons (Fsp3) is 0.682. The molecular formula is C22H34N2O3. The van der Waals surface area contributed by atoms with Gasteiger partial charge in [0.2, 0.25) is 0 Å². The zero-order chi connectivity index (χ0) is 19.4. The van der Waals surface area contributed by atoms with E-state index >= 15 is 0 Å². The van der Waals surface area contributed by atoms with Gasteiger partial charge in [-0.25, -0.2) is 0 Å². The Bertz CT molecular complexity index is 638. The first-order valence-corrected chi connectivity index (χ1v) is 10.1. The Balaban J connectivity index is 1.66. The standard InChI is InChI=1S/C22H34N2O3/c1-17(2)13-23-14-19(15-26-3)22(16-23)8-10-24(11-9-22)21(25)18-6-5-7-20(12-18)27-4/h5-7,12,17,19H,8-11,13-16H2,1-4H3. The summed E-state index contributed by atoms with van der Waals surface area (Å²) in [4.78, 5) is 17.5. The summed E-state index contributed by atoms with van der Waals surface area (Å²) in [5.74, 6) is 2.09. The molecule has 0 aromatic heterocycles. The molecule has 0 aliphatic carbocycles. The summed E-state index contributed by atoms with van der Waals surface area (Å²) in [6.45, 7) is 10.4. The van der Waals surface area contributed by atoms with Crippen LogP contribution < -0.4 is 4.74 Å². The molecule has 1 aromatic carbocycles. The molecule has 2 aliphatic heterocycles. The molecule has 2 saturated heterocycles. The molecule has 0 bridgehead atoms. The maximum atomic E-state index is 12.9. The highest BCUT2D eigenvalue weighted by Crippen LogP contribution is 2.45. The number of carbonyl (C=O) groups is 1. The van der Waals surface area contributed by atoms with E-state index in [1.807, 2.05) is 29.2 Å². The van der Waals surface area contributed by atoms with Gasteiger partial charge >= 0.3 is 0 Å². The average Bonchev–Trinajstić information content (AvgIpc) is 2.98. The van der Waals surface area contributed by atoms with Gasteiger partial charge in [0.05, 0.1) is 13.7 Å². The maximum absolute atomic E-state index is 12.9. The number of amides is 1. The largest absolute Gasteiger partial charge is 0.497 e. The summed E-state index contributed by atoms with van der Waals surface area (Å²) in [6.07, 6.45) is 2.12. The molecule has 0 N–H and O–H groups in total. The van der Waals surface area contributed by atoms with Crippen LogP contribution in [-0.2, 0) is 4.74 Å². The molecule has 2 aliphatic rings. The van der Waals surface area contributed by atoms with Crippen LogP contribution in [0.25, 0.3) is 0 Å². The van der Waals surface area contributed by atoms with Crippen LogP contribution in [0.15, 0.2) is 24.3 Å². The number of piperidine rings is 1. The first-order chi connectivity index (χ1) is 13.0. The Kier molecular flexibility index (Phi) is 6.43. The van der Waals surface area contributed by atoms with Crippen molar-refractivity contribution in [2.24, 2.45) is 17.3 Å². The van der Waals surface area contributed by atoms with Gasteiger partial charge in [0.25, 0.3) is 5.91 Å². The summed E-state index contributed by atoms with van der Waals surface area (Å²) in [7, 11) is 3.44. The lowest BCUT2D eigenvalue weighted by Gasteiger charge is -2.42. The molecule has 2 fully saturated rings. The molecule has 1 aromatic rings. The monoisotopic (exact) mass is 374 g/mol. The molecule has 5 nitrogen and oxygen atoms in total. The number of ether oxygens (including phenoxy) is 2. The van der Waals surface area contributed by atoms with Crippen LogP contribution in [0.3, 0.4) is 0 Å². The van der Waals surface area contributed by atoms with Crippen LogP contribution in [0, 0.1) is 17.3 Å². The zero-order valence-electron chi connectivity index (χ0n) is 17.2. The zero-order valence-corrected chi connectivity index (χ0v) is 17.2. The molecule has 1 amide bonds. The molecule has 0 radical (unpaired) electrons. The summed E-state index contributed by atoms with van der Waals surface area (Å²) in [6, 6.07) is 7.47. The minimum Gasteiger partial charge on any atom is -0.497 e. The Morgan fingerprint density at radius 2 is 2.00 bits per heavy atom. The number of carbonyl (C=O) groups excluding carboxylic acids is 1. The van der Waals surface area contributed by atoms with Crippen molar-refractivity contribution < 1.29 is 14.3 Å². The lowest BCUT2D eigenvalue weighted by molar-refractivity contribution is 0.0322. The van der Waals surface area contributed by atoms with Crippen molar-refractivity contribution in [3.63, 3.8) is 0 Å². The molecule has 5 heteroatoms. The second-order valence-electron chi connectivity index (χ2n) is 8.63. The van der Waals surface area contributed by atoms with E-state index in [2.05, 4.69) is 18.7 Å². The average molecular weight is 375 g/mol. The number of benzene rings is 1. The van der Waals surface area contributed by atoms with Gasteiger partial charge in [-0.15, -0.1) is 0 Å². The third-order valence-corrected chi connectivity index (χ3v) is 6.24. The Morgan fingerprint density at radius 3 is 2.63 bits per heavy atom. The Hall–Kier alpha value is -1.59. The van der Waals surface area contributed by atoms with Crippen LogP contribution in [0.2, 0.25) is 0 Å². The highest BCUT2D eigenvalue weighted by molar-refractivity contribution is 5.94. The predicted octanol–water partition coefficient (Wildman–Crippen LogP) is 3.15. The maximum Gasteiger partial charge on any atom is 0.253 e. The summed E-state index contributed by atoms with van der Waals surface area (Å²) in [5, 5.41) is 0. The highest BCUT2D eigenvalue weighted by atomic mass is 16.5. The van der Waals surface area contributed by atoms with Crippen molar-refractivity contribution in [2.45, 2.75) is 26.7 Å². The van der Waals surface area contributed by atoms with Crippen LogP contribution in [0.4, 0.5) is 0 Å². The topological polar surface area (TPSA) is 42.0 Å². The quantitative estimate of drug-likeness (QED) is 0.767. The van der Waals surface area contributed by atoms with Gasteiger partial charge in [-0.3, -0.25) is 4.79 Å². The van der Waals surface area contributed by atoms with E-state index in [9.17, 15) is 4.79 Å². The van der Waals surface area contributed by atoms with Gasteiger partial charge in [0.15, 0.2) is 0 Å². The van der Waals surface area contributed by atoms with Gasteiger partial charge in [-0.2, -0.15) is 0 Å². The first kappa shape index (κ1) is 20.2. The molecular weight excluding hydrogens is 340 g/mol. The fourth-order valence-corrected chi connectivity index (χ4v) is 4.89. The predicted molar refractivity (Wildman–Crippen MR) is 107 cm³/mol. The number of hydrogen-bond donors (Lipinski definition) is 0. The molecule has 1 unspecified atom stereocenters. The van der Waals surface area contributed by atoms with Crippen LogP contribution in [0.5, 0.6) is 5.75 Å². The minimum absolute atomic E-state index is 0.115. The van der Waals surface area contributed by atoms with Crippen molar-refractivity contribution in [3.05, 3.63) is 29.8 Å². The summed E-state index contributed by atoms with van der Waals surface area (Å²) >= 11 is 0. The molecule has 0 saturated carbocycles. The molecule has 27 heavy (non-hydrogen) atoms. The van der Waals surface area contributed by atoms with Crippen LogP contribution in [-0.4, -0.2) is 69.3 Å². The van der Waals surface area contributed by atoms with E-state index in [1.165, 1.54) is 0 Å². The minimum atomic E-state index is 0.115. The summed E-state index contributed by atoms with van der Waals surface area (Å²) < 4.78 is 10.8. The van der Waals surface area contributed by atoms with Crippen LogP contribution in [0.1, 0.15) is 37.0 Å². The Morgan fingerprint density at radius 1 is 1.26 bits per heavy atom. The van der Waals surface area contributed by atoms with Crippen molar-refractivity contribution in [2.75, 3.05) is 53.6 Å². The van der Waals surface area contributed by atoms with E-state index in [0.29, 0.717) is 17.4 Å². The normalized spacial score (nSPS) is 22.6. The number of likely N-dealkylation sites (tertiary alicyclic amines) is 2. The van der Waals surface area contributed by atoms with Gasteiger partial charge < -0.3 is 19.3 Å². The molecule has 2 heterocycles. The first-order valence-electron chi connectivity index (χ1n) is 10.1. The number of methoxy groups -OCH3 is 2. The smallest absolute Gasteiger partial charge is 0.253 e. The van der Waals surface area contributed by atoms with Crippen molar-refractivity contribution in [3.8, 4) is 5.75 Å². The van der Waals surface area contributed by atoms with E-state index in [0.717, 1.165) is 57.9 Å². The third-order valence-electron chi connectivity index (χ3n) is 6.24. The fourth-order valence-electron chi connectivity index (χ4n) is 4.89. The van der Waals surface area contributed by atoms with E-state index in [4.69, 9.17) is 9.47 Å². The molecule has 1 atom stereocenters. The van der Waals surface area contributed by atoms with E-state index in [1.54, 1.807) is 14.2 Å². The van der Waals surface area contributed by atoms with E-state index in [-0.39, 0.29) is 11.3 Å². The van der Waals surface area contributed by atoms with E-state index < -0.39 is 0 Å².